The molecule has 0 aliphatic carbocycles. The van der Waals surface area contributed by atoms with E-state index in [0.29, 0.717) is 6.42 Å². The van der Waals surface area contributed by atoms with Gasteiger partial charge in [-0.05, 0) is 26.3 Å². The molecule has 1 amide bonds. The number of carbonyl (C=O) groups excluding carboxylic acids is 1. The minimum atomic E-state index is -1.02. The van der Waals surface area contributed by atoms with Gasteiger partial charge < -0.3 is 10.0 Å². The third kappa shape index (κ3) is 3.30. The molecular formula is C11H17N3O3. The molecule has 1 aromatic rings. The Kier molecular flexibility index (Phi) is 4.25. The van der Waals surface area contributed by atoms with Crippen molar-refractivity contribution in [2.24, 2.45) is 0 Å². The van der Waals surface area contributed by atoms with E-state index in [4.69, 9.17) is 5.11 Å². The lowest BCUT2D eigenvalue weighted by Crippen LogP contribution is -2.42. The van der Waals surface area contributed by atoms with Crippen molar-refractivity contribution >= 4 is 11.9 Å². The Bertz CT molecular complexity index is 414. The molecule has 0 bridgehead atoms. The Morgan fingerprint density at radius 3 is 2.65 bits per heavy atom. The van der Waals surface area contributed by atoms with E-state index in [1.54, 1.807) is 13.0 Å². The number of aryl methyl sites for hydroxylation is 1. The van der Waals surface area contributed by atoms with Crippen molar-refractivity contribution in [3.05, 3.63) is 17.5 Å². The van der Waals surface area contributed by atoms with Gasteiger partial charge in [0, 0.05) is 11.7 Å². The maximum atomic E-state index is 12.1. The minimum Gasteiger partial charge on any atom is -0.480 e. The number of aromatic amines is 1. The maximum absolute atomic E-state index is 12.1. The number of carbonyl (C=O) groups is 2. The molecule has 0 aliphatic heterocycles. The fraction of sp³-hybridized carbons (Fsp3) is 0.545. The molecule has 6 heteroatoms. The lowest BCUT2D eigenvalue weighted by atomic mass is 10.2. The van der Waals surface area contributed by atoms with E-state index in [-0.39, 0.29) is 24.2 Å². The molecule has 94 valence electrons. The Labute approximate surface area is 99.6 Å². The second-order valence-corrected chi connectivity index (χ2v) is 4.02. The topological polar surface area (TPSA) is 86.3 Å². The summed E-state index contributed by atoms with van der Waals surface area (Å²) >= 11 is 0. The SMILES string of the molecule is CCC(C)N(CC(=O)O)C(=O)c1cc(C)[nH]n1. The van der Waals surface area contributed by atoms with Crippen LogP contribution in [0.3, 0.4) is 0 Å². The van der Waals surface area contributed by atoms with Crippen LogP contribution in [0.15, 0.2) is 6.07 Å². The molecule has 0 aliphatic rings. The van der Waals surface area contributed by atoms with E-state index in [0.717, 1.165) is 5.69 Å². The highest BCUT2D eigenvalue weighted by atomic mass is 16.4. The fourth-order valence-electron chi connectivity index (χ4n) is 1.47. The standard InChI is InChI=1S/C11H17N3O3/c1-4-8(3)14(6-10(15)16)11(17)9-5-7(2)12-13-9/h5,8H,4,6H2,1-3H3,(H,12,13)(H,15,16). The summed E-state index contributed by atoms with van der Waals surface area (Å²) in [5, 5.41) is 15.3. The van der Waals surface area contributed by atoms with Gasteiger partial charge in [0.1, 0.15) is 12.2 Å². The van der Waals surface area contributed by atoms with Crippen LogP contribution in [0.5, 0.6) is 0 Å². The second kappa shape index (κ2) is 5.47. The first-order valence-electron chi connectivity index (χ1n) is 5.50. The van der Waals surface area contributed by atoms with Crippen molar-refractivity contribution in [1.29, 1.82) is 0 Å². The lowest BCUT2D eigenvalue weighted by molar-refractivity contribution is -0.138. The first kappa shape index (κ1) is 13.2. The number of rotatable bonds is 5. The third-order valence-electron chi connectivity index (χ3n) is 2.61. The van der Waals surface area contributed by atoms with Crippen LogP contribution in [0.4, 0.5) is 0 Å². The molecule has 0 fully saturated rings. The molecule has 6 nitrogen and oxygen atoms in total. The van der Waals surface area contributed by atoms with Crippen LogP contribution in [-0.2, 0) is 4.79 Å². The molecule has 1 unspecified atom stereocenters. The van der Waals surface area contributed by atoms with Crippen LogP contribution < -0.4 is 0 Å². The number of hydrogen-bond acceptors (Lipinski definition) is 3. The van der Waals surface area contributed by atoms with Crippen LogP contribution in [0.25, 0.3) is 0 Å². The summed E-state index contributed by atoms with van der Waals surface area (Å²) in [6.45, 7) is 5.21. The van der Waals surface area contributed by atoms with Gasteiger partial charge in [-0.1, -0.05) is 6.92 Å². The quantitative estimate of drug-likeness (QED) is 0.803. The highest BCUT2D eigenvalue weighted by Crippen LogP contribution is 2.09. The summed E-state index contributed by atoms with van der Waals surface area (Å²) in [4.78, 5) is 24.1. The van der Waals surface area contributed by atoms with Gasteiger partial charge in [-0.3, -0.25) is 14.7 Å². The van der Waals surface area contributed by atoms with Crippen molar-refractivity contribution < 1.29 is 14.7 Å². The van der Waals surface area contributed by atoms with Crippen LogP contribution >= 0.6 is 0 Å². The normalized spacial score (nSPS) is 12.2. The Morgan fingerprint density at radius 2 is 2.24 bits per heavy atom. The Morgan fingerprint density at radius 1 is 1.59 bits per heavy atom. The number of H-pyrrole nitrogens is 1. The summed E-state index contributed by atoms with van der Waals surface area (Å²) in [6.07, 6.45) is 0.697. The molecule has 0 radical (unpaired) electrons. The molecule has 0 saturated carbocycles. The first-order chi connectivity index (χ1) is 7.95. The molecular weight excluding hydrogens is 222 g/mol. The molecule has 2 N–H and O–H groups in total. The molecule has 0 spiro atoms. The number of nitrogens with zero attached hydrogens (tertiary/aromatic N) is 2. The molecule has 1 rings (SSSR count). The molecule has 0 saturated heterocycles. The Balaban J connectivity index is 2.89. The maximum Gasteiger partial charge on any atom is 0.323 e. The number of hydrogen-bond donors (Lipinski definition) is 2. The molecule has 1 aromatic heterocycles. The van der Waals surface area contributed by atoms with Gasteiger partial charge in [0.25, 0.3) is 5.91 Å². The summed E-state index contributed by atoms with van der Waals surface area (Å²) in [5.41, 5.74) is 1.02. The van der Waals surface area contributed by atoms with E-state index in [1.807, 2.05) is 13.8 Å². The largest absolute Gasteiger partial charge is 0.480 e. The zero-order chi connectivity index (χ0) is 13.0. The van der Waals surface area contributed by atoms with Crippen LogP contribution in [-0.4, -0.2) is 44.7 Å². The number of aliphatic carboxylic acids is 1. The summed E-state index contributed by atoms with van der Waals surface area (Å²) < 4.78 is 0. The average molecular weight is 239 g/mol. The highest BCUT2D eigenvalue weighted by molar-refractivity contribution is 5.94. The van der Waals surface area contributed by atoms with Crippen molar-refractivity contribution in [1.82, 2.24) is 15.1 Å². The van der Waals surface area contributed by atoms with Gasteiger partial charge in [-0.25, -0.2) is 0 Å². The average Bonchev–Trinajstić information content (AvgIpc) is 2.70. The number of aromatic nitrogens is 2. The van der Waals surface area contributed by atoms with Gasteiger partial charge in [-0.2, -0.15) is 5.10 Å². The van der Waals surface area contributed by atoms with E-state index in [1.165, 1.54) is 4.90 Å². The van der Waals surface area contributed by atoms with Crippen molar-refractivity contribution in [3.63, 3.8) is 0 Å². The molecule has 0 aromatic carbocycles. The zero-order valence-corrected chi connectivity index (χ0v) is 10.2. The third-order valence-corrected chi connectivity index (χ3v) is 2.61. The van der Waals surface area contributed by atoms with Crippen LogP contribution in [0.1, 0.15) is 36.5 Å². The van der Waals surface area contributed by atoms with Crippen LogP contribution in [0.2, 0.25) is 0 Å². The predicted molar refractivity (Wildman–Crippen MR) is 61.8 cm³/mol. The molecule has 17 heavy (non-hydrogen) atoms. The summed E-state index contributed by atoms with van der Waals surface area (Å²) in [5.74, 6) is -1.38. The van der Waals surface area contributed by atoms with Crippen LogP contribution in [0, 0.1) is 6.92 Å². The van der Waals surface area contributed by atoms with Crippen molar-refractivity contribution in [2.45, 2.75) is 33.2 Å². The van der Waals surface area contributed by atoms with E-state index in [9.17, 15) is 9.59 Å². The second-order valence-electron chi connectivity index (χ2n) is 4.02. The number of nitrogens with one attached hydrogen (secondary N) is 1. The first-order valence-corrected chi connectivity index (χ1v) is 5.50. The van der Waals surface area contributed by atoms with Gasteiger partial charge in [0.15, 0.2) is 0 Å². The van der Waals surface area contributed by atoms with Crippen molar-refractivity contribution in [3.8, 4) is 0 Å². The van der Waals surface area contributed by atoms with E-state index >= 15 is 0 Å². The highest BCUT2D eigenvalue weighted by Gasteiger charge is 2.24. The Hall–Kier alpha value is -1.85. The minimum absolute atomic E-state index is 0.129. The molecule has 1 atom stereocenters. The van der Waals surface area contributed by atoms with E-state index < -0.39 is 5.97 Å². The van der Waals surface area contributed by atoms with Gasteiger partial charge in [0.2, 0.25) is 0 Å². The number of carboxylic acids is 1. The van der Waals surface area contributed by atoms with Gasteiger partial charge in [-0.15, -0.1) is 0 Å². The molecule has 1 heterocycles. The number of carboxylic acid groups (broad SMARTS) is 1. The van der Waals surface area contributed by atoms with Gasteiger partial charge in [0.05, 0.1) is 0 Å². The van der Waals surface area contributed by atoms with Gasteiger partial charge >= 0.3 is 5.97 Å². The summed E-state index contributed by atoms with van der Waals surface area (Å²) in [7, 11) is 0. The fourth-order valence-corrected chi connectivity index (χ4v) is 1.47. The predicted octanol–water partition coefficient (Wildman–Crippen LogP) is 1.04. The van der Waals surface area contributed by atoms with Crippen molar-refractivity contribution in [2.75, 3.05) is 6.54 Å². The number of amides is 1. The van der Waals surface area contributed by atoms with E-state index in [2.05, 4.69) is 10.2 Å². The smallest absolute Gasteiger partial charge is 0.323 e. The monoisotopic (exact) mass is 239 g/mol. The lowest BCUT2D eigenvalue weighted by Gasteiger charge is -2.25. The zero-order valence-electron chi connectivity index (χ0n) is 10.2. The summed E-state index contributed by atoms with van der Waals surface area (Å²) in [6, 6.07) is 1.48.